The number of rotatable bonds is 9. The number of carbonyl (C=O) groups is 2. The van der Waals surface area contributed by atoms with Crippen LogP contribution in [0.2, 0.25) is 0 Å². The molecule has 0 aromatic heterocycles. The van der Waals surface area contributed by atoms with Crippen molar-refractivity contribution in [2.75, 3.05) is 19.6 Å². The molecule has 1 saturated heterocycles. The van der Waals surface area contributed by atoms with Crippen molar-refractivity contribution in [3.63, 3.8) is 0 Å². The van der Waals surface area contributed by atoms with Crippen molar-refractivity contribution in [1.29, 1.82) is 0 Å². The molecule has 2 fully saturated rings. The summed E-state index contributed by atoms with van der Waals surface area (Å²) >= 11 is 0. The van der Waals surface area contributed by atoms with Gasteiger partial charge in [0, 0.05) is 37.7 Å². The molecular weight excluding hydrogens is 645 g/mol. The van der Waals surface area contributed by atoms with E-state index in [0.29, 0.717) is 49.3 Å². The number of likely N-dealkylation sites (tertiary alicyclic amines) is 1. The molecule has 1 saturated carbocycles. The zero-order valence-corrected chi connectivity index (χ0v) is 28.6. The van der Waals surface area contributed by atoms with Crippen LogP contribution in [0.25, 0.3) is 6.08 Å². The number of carbonyl (C=O) groups excluding carboxylic acids is 2. The summed E-state index contributed by atoms with van der Waals surface area (Å²) in [7, 11) is 0. The molecular formula is C40H43F3N2O5. The highest BCUT2D eigenvalue weighted by Gasteiger charge is 2.73. The fourth-order valence-corrected chi connectivity index (χ4v) is 9.16. The van der Waals surface area contributed by atoms with E-state index in [2.05, 4.69) is 17.0 Å². The Bertz CT molecular complexity index is 1790. The van der Waals surface area contributed by atoms with E-state index < -0.39 is 40.9 Å². The zero-order chi connectivity index (χ0) is 35.4. The van der Waals surface area contributed by atoms with Crippen LogP contribution in [0.5, 0.6) is 11.5 Å². The van der Waals surface area contributed by atoms with Crippen LogP contribution in [0.15, 0.2) is 72.8 Å². The monoisotopic (exact) mass is 688 g/mol. The Morgan fingerprint density at radius 2 is 1.82 bits per heavy atom. The fraction of sp³-hybridized carbons (Fsp3) is 0.450. The number of aliphatic hydroxyl groups is 1. The van der Waals surface area contributed by atoms with Gasteiger partial charge in [-0.3, -0.25) is 14.5 Å². The summed E-state index contributed by atoms with van der Waals surface area (Å²) in [6, 6.07) is 18.2. The molecule has 0 unspecified atom stereocenters. The molecule has 50 heavy (non-hydrogen) atoms. The molecule has 5 atom stereocenters. The first-order valence-electron chi connectivity index (χ1n) is 17.5. The van der Waals surface area contributed by atoms with Crippen LogP contribution < -0.4 is 9.47 Å². The van der Waals surface area contributed by atoms with Crippen LogP contribution >= 0.6 is 0 Å². The summed E-state index contributed by atoms with van der Waals surface area (Å²) in [5, 5.41) is 13.1. The molecule has 10 heteroatoms. The van der Waals surface area contributed by atoms with Gasteiger partial charge in [0.1, 0.15) is 6.10 Å². The van der Waals surface area contributed by atoms with Gasteiger partial charge >= 0.3 is 12.1 Å². The predicted octanol–water partition coefficient (Wildman–Crippen LogP) is 6.59. The molecule has 3 aromatic rings. The summed E-state index contributed by atoms with van der Waals surface area (Å²) < 4.78 is 51.9. The van der Waals surface area contributed by atoms with Gasteiger partial charge in [0.2, 0.25) is 5.91 Å². The minimum Gasteiger partial charge on any atom is -0.483 e. The lowest BCUT2D eigenvalue weighted by molar-refractivity contribution is -0.201. The zero-order valence-electron chi connectivity index (χ0n) is 28.6. The van der Waals surface area contributed by atoms with Crippen LogP contribution in [0, 0.1) is 5.92 Å². The van der Waals surface area contributed by atoms with E-state index in [1.165, 1.54) is 36.8 Å². The number of amides is 1. The maximum absolute atomic E-state index is 14.1. The molecule has 4 aliphatic rings. The van der Waals surface area contributed by atoms with E-state index in [4.69, 9.17) is 9.47 Å². The third-order valence-corrected chi connectivity index (χ3v) is 11.2. The van der Waals surface area contributed by atoms with Gasteiger partial charge in [-0.1, -0.05) is 62.4 Å². The lowest BCUT2D eigenvalue weighted by Gasteiger charge is -2.65. The summed E-state index contributed by atoms with van der Waals surface area (Å²) in [6.07, 6.45) is 0.926. The number of hydrogen-bond donors (Lipinski definition) is 1. The molecule has 0 radical (unpaired) electrons. The minimum absolute atomic E-state index is 0.103. The van der Waals surface area contributed by atoms with Gasteiger partial charge in [-0.05, 0) is 85.5 Å². The molecule has 1 spiro atoms. The van der Waals surface area contributed by atoms with Gasteiger partial charge in [-0.25, -0.2) is 0 Å². The van der Waals surface area contributed by atoms with Crippen molar-refractivity contribution >= 4 is 18.0 Å². The number of halogens is 3. The highest BCUT2D eigenvalue weighted by Crippen LogP contribution is 2.66. The summed E-state index contributed by atoms with van der Waals surface area (Å²) in [5.41, 5.74) is 0.923. The average Bonchev–Trinajstić information content (AvgIpc) is 3.43. The van der Waals surface area contributed by atoms with Crippen molar-refractivity contribution in [3.05, 3.63) is 101 Å². The van der Waals surface area contributed by atoms with Crippen LogP contribution in [0.3, 0.4) is 0 Å². The number of alkyl halides is 3. The fourth-order valence-electron chi connectivity index (χ4n) is 9.16. The van der Waals surface area contributed by atoms with Gasteiger partial charge in [-0.2, -0.15) is 13.2 Å². The van der Waals surface area contributed by atoms with Crippen molar-refractivity contribution in [2.45, 2.75) is 88.3 Å². The van der Waals surface area contributed by atoms with Crippen molar-refractivity contribution < 1.29 is 37.3 Å². The topological polar surface area (TPSA) is 79.3 Å². The van der Waals surface area contributed by atoms with Crippen molar-refractivity contribution in [1.82, 2.24) is 9.80 Å². The molecule has 264 valence electrons. The van der Waals surface area contributed by atoms with Crippen LogP contribution in [0.1, 0.15) is 67.9 Å². The standard InChI is InChI=1S/C40H43F3N2O5/c1-25(2)24-45(34(47)16-11-28-9-13-30(14-10-28)40(41,42)43)31-17-19-39(48)33-23-29-12-15-32(49-26(3)46)36-35(29)38(39,37(31)50-36)20-22-44(33)21-18-27-7-5-4-6-8-27/h4-16,25,31,33,37,48H,17-24H2,1-3H3/t31-,33+,37-,38-,39+/m0/s1. The maximum atomic E-state index is 14.1. The number of ether oxygens (including phenoxy) is 2. The third kappa shape index (κ3) is 5.80. The Morgan fingerprint density at radius 1 is 1.08 bits per heavy atom. The van der Waals surface area contributed by atoms with Crippen molar-refractivity contribution in [3.8, 4) is 11.5 Å². The molecule has 2 aliphatic heterocycles. The van der Waals surface area contributed by atoms with E-state index in [9.17, 15) is 27.9 Å². The molecule has 2 heterocycles. The van der Waals surface area contributed by atoms with E-state index in [0.717, 1.165) is 42.8 Å². The number of nitrogens with zero attached hydrogens (tertiary/aromatic N) is 2. The van der Waals surface area contributed by atoms with Gasteiger partial charge in [0.25, 0.3) is 0 Å². The van der Waals surface area contributed by atoms with Crippen LogP contribution in [0.4, 0.5) is 13.2 Å². The number of benzene rings is 3. The van der Waals surface area contributed by atoms with E-state index in [1.54, 1.807) is 6.07 Å². The molecule has 1 N–H and O–H groups in total. The third-order valence-electron chi connectivity index (χ3n) is 11.2. The van der Waals surface area contributed by atoms with Gasteiger partial charge in [-0.15, -0.1) is 0 Å². The van der Waals surface area contributed by atoms with E-state index in [-0.39, 0.29) is 17.9 Å². The first kappa shape index (κ1) is 34.3. The van der Waals surface area contributed by atoms with Crippen molar-refractivity contribution in [2.24, 2.45) is 5.92 Å². The largest absolute Gasteiger partial charge is 0.483 e. The molecule has 1 amide bonds. The Labute approximate surface area is 290 Å². The van der Waals surface area contributed by atoms with Crippen LogP contribution in [-0.4, -0.2) is 70.2 Å². The molecule has 7 nitrogen and oxygen atoms in total. The Morgan fingerprint density at radius 3 is 2.50 bits per heavy atom. The maximum Gasteiger partial charge on any atom is 0.416 e. The second-order valence-corrected chi connectivity index (χ2v) is 14.6. The number of hydrogen-bond acceptors (Lipinski definition) is 6. The lowest BCUT2D eigenvalue weighted by Crippen LogP contribution is -2.78. The highest BCUT2D eigenvalue weighted by molar-refractivity contribution is 5.92. The summed E-state index contributed by atoms with van der Waals surface area (Å²) in [5.74, 6) is 0.139. The van der Waals surface area contributed by atoms with Gasteiger partial charge in [0.15, 0.2) is 11.5 Å². The normalized spacial score (nSPS) is 26.8. The summed E-state index contributed by atoms with van der Waals surface area (Å²) in [6.45, 7) is 7.35. The lowest BCUT2D eigenvalue weighted by atomic mass is 9.48. The second-order valence-electron chi connectivity index (χ2n) is 14.6. The Balaban J connectivity index is 1.25. The summed E-state index contributed by atoms with van der Waals surface area (Å²) in [4.78, 5) is 30.5. The quantitative estimate of drug-likeness (QED) is 0.155. The van der Waals surface area contributed by atoms with Crippen LogP contribution in [-0.2, 0) is 34.0 Å². The highest BCUT2D eigenvalue weighted by atomic mass is 19.4. The molecule has 3 aromatic carbocycles. The first-order valence-corrected chi connectivity index (χ1v) is 17.5. The van der Waals surface area contributed by atoms with E-state index >= 15 is 0 Å². The SMILES string of the molecule is CC(=O)Oc1ccc2c3c1O[C@H]1[C@@H](N(CC(C)C)C(=O)C=Cc4ccc(C(F)(F)F)cc4)CC[C@@]4(O)[C@@H](C2)N(CCc2ccccc2)CC[C@]314. The minimum atomic E-state index is -4.45. The second kappa shape index (κ2) is 12.9. The Kier molecular flexibility index (Phi) is 8.83. The molecule has 2 bridgehead atoms. The molecule has 2 aliphatic carbocycles. The van der Waals surface area contributed by atoms with E-state index in [1.807, 2.05) is 43.0 Å². The number of piperidine rings is 1. The van der Waals surface area contributed by atoms with Gasteiger partial charge in [0.05, 0.1) is 22.6 Å². The Hall–Kier alpha value is -4.15. The molecule has 7 rings (SSSR count). The number of esters is 1. The average molecular weight is 689 g/mol. The smallest absolute Gasteiger partial charge is 0.416 e. The first-order chi connectivity index (χ1) is 23.8. The predicted molar refractivity (Wildman–Crippen MR) is 183 cm³/mol. The van der Waals surface area contributed by atoms with Gasteiger partial charge < -0.3 is 19.5 Å².